The molecule has 0 aliphatic heterocycles. The van der Waals surface area contributed by atoms with Crippen LogP contribution in [0.4, 0.5) is 0 Å². The maximum absolute atomic E-state index is 12.0. The lowest BCUT2D eigenvalue weighted by Crippen LogP contribution is -2.48. The van der Waals surface area contributed by atoms with Gasteiger partial charge in [0.1, 0.15) is 0 Å². The van der Waals surface area contributed by atoms with Crippen LogP contribution in [0.5, 0.6) is 0 Å². The first kappa shape index (κ1) is 17.0. The Balaban J connectivity index is 3.20. The molecule has 4 heteroatoms. The van der Waals surface area contributed by atoms with Gasteiger partial charge in [-0.15, -0.1) is 0 Å². The molecule has 1 rings (SSSR count). The Bertz CT molecular complexity index is 361. The number of hydrogen-bond donors (Lipinski definition) is 2. The number of carboxylic acid groups (broad SMARTS) is 2. The van der Waals surface area contributed by atoms with Gasteiger partial charge < -0.3 is 10.2 Å². The molecule has 2 N–H and O–H groups in total. The molecule has 0 saturated heterocycles. The van der Waals surface area contributed by atoms with E-state index in [1.807, 2.05) is 27.7 Å². The van der Waals surface area contributed by atoms with Crippen LogP contribution in [0.3, 0.4) is 0 Å². The highest BCUT2D eigenvalue weighted by atomic mass is 16.4. The Labute approximate surface area is 121 Å². The molecule has 1 aliphatic carbocycles. The molecular weight excluding hydrogens is 256 g/mol. The Morgan fingerprint density at radius 2 is 1.75 bits per heavy atom. The first-order valence-corrected chi connectivity index (χ1v) is 7.67. The summed E-state index contributed by atoms with van der Waals surface area (Å²) >= 11 is 0. The van der Waals surface area contributed by atoms with E-state index < -0.39 is 23.3 Å². The summed E-state index contributed by atoms with van der Waals surface area (Å²) in [5.74, 6) is -1.83. The zero-order valence-electron chi connectivity index (χ0n) is 13.1. The van der Waals surface area contributed by atoms with Crippen molar-refractivity contribution in [1.29, 1.82) is 0 Å². The van der Waals surface area contributed by atoms with Gasteiger partial charge in [-0.3, -0.25) is 9.59 Å². The highest BCUT2D eigenvalue weighted by molar-refractivity contribution is 5.78. The van der Waals surface area contributed by atoms with Crippen molar-refractivity contribution in [2.24, 2.45) is 29.1 Å². The summed E-state index contributed by atoms with van der Waals surface area (Å²) in [5.41, 5.74) is -0.861. The van der Waals surface area contributed by atoms with Crippen LogP contribution in [-0.4, -0.2) is 22.2 Å². The minimum atomic E-state index is -0.861. The molecule has 116 valence electrons. The third kappa shape index (κ3) is 3.53. The molecule has 1 aliphatic rings. The maximum atomic E-state index is 12.0. The predicted molar refractivity (Wildman–Crippen MR) is 77.4 cm³/mol. The lowest BCUT2D eigenvalue weighted by molar-refractivity contribution is -0.165. The molecule has 3 atom stereocenters. The van der Waals surface area contributed by atoms with Crippen LogP contribution in [0, 0.1) is 29.1 Å². The smallest absolute Gasteiger partial charge is 0.309 e. The number of rotatable bonds is 6. The van der Waals surface area contributed by atoms with Crippen molar-refractivity contribution >= 4 is 11.9 Å². The van der Waals surface area contributed by atoms with E-state index in [1.54, 1.807) is 0 Å². The second-order valence-corrected chi connectivity index (χ2v) is 7.13. The summed E-state index contributed by atoms with van der Waals surface area (Å²) in [5, 5.41) is 19.3. The number of carbonyl (C=O) groups is 2. The molecule has 20 heavy (non-hydrogen) atoms. The van der Waals surface area contributed by atoms with Crippen LogP contribution in [0.25, 0.3) is 0 Å². The lowest BCUT2D eigenvalue weighted by atomic mass is 9.57. The fraction of sp³-hybridized carbons (Fsp3) is 0.875. The van der Waals surface area contributed by atoms with Crippen molar-refractivity contribution < 1.29 is 19.8 Å². The number of aliphatic carboxylic acids is 2. The molecular formula is C16H28O4. The summed E-state index contributed by atoms with van der Waals surface area (Å²) in [7, 11) is 0. The van der Waals surface area contributed by atoms with Crippen LogP contribution in [0.1, 0.15) is 59.8 Å². The van der Waals surface area contributed by atoms with E-state index in [1.165, 1.54) is 0 Å². The van der Waals surface area contributed by atoms with Crippen molar-refractivity contribution in [3.8, 4) is 0 Å². The monoisotopic (exact) mass is 284 g/mol. The summed E-state index contributed by atoms with van der Waals surface area (Å²) in [4.78, 5) is 23.5. The molecule has 1 fully saturated rings. The van der Waals surface area contributed by atoms with Crippen LogP contribution in [0.2, 0.25) is 0 Å². The molecule has 0 aromatic carbocycles. The average molecular weight is 284 g/mol. The molecule has 0 aromatic heterocycles. The molecule has 0 spiro atoms. The van der Waals surface area contributed by atoms with Gasteiger partial charge in [0.25, 0.3) is 0 Å². The molecule has 0 heterocycles. The van der Waals surface area contributed by atoms with Gasteiger partial charge >= 0.3 is 11.9 Å². The van der Waals surface area contributed by atoms with Gasteiger partial charge in [-0.05, 0) is 43.4 Å². The third-order valence-corrected chi connectivity index (χ3v) is 4.57. The summed E-state index contributed by atoms with van der Waals surface area (Å²) in [6, 6.07) is 0. The standard InChI is InChI=1S/C16H28O4/c1-10(2)8-13-12(14(17)18)6-5-7-16(13,15(19)20)9-11(3)4/h10-13H,5-9H2,1-4H3,(H,17,18)(H,19,20). The topological polar surface area (TPSA) is 74.6 Å². The average Bonchev–Trinajstić information content (AvgIpc) is 2.29. The van der Waals surface area contributed by atoms with Crippen molar-refractivity contribution in [3.05, 3.63) is 0 Å². The first-order chi connectivity index (χ1) is 9.20. The summed E-state index contributed by atoms with van der Waals surface area (Å²) < 4.78 is 0. The van der Waals surface area contributed by atoms with Gasteiger partial charge in [0.2, 0.25) is 0 Å². The fourth-order valence-electron chi connectivity index (χ4n) is 3.94. The summed E-state index contributed by atoms with van der Waals surface area (Å²) in [6.07, 6.45) is 3.17. The number of carboxylic acids is 2. The van der Waals surface area contributed by atoms with E-state index in [9.17, 15) is 19.8 Å². The number of hydrogen-bond acceptors (Lipinski definition) is 2. The minimum Gasteiger partial charge on any atom is -0.481 e. The summed E-state index contributed by atoms with van der Waals surface area (Å²) in [6.45, 7) is 8.11. The molecule has 0 bridgehead atoms. The highest BCUT2D eigenvalue weighted by Crippen LogP contribution is 2.51. The van der Waals surface area contributed by atoms with Crippen molar-refractivity contribution in [2.45, 2.75) is 59.8 Å². The first-order valence-electron chi connectivity index (χ1n) is 7.67. The Morgan fingerprint density at radius 1 is 1.15 bits per heavy atom. The van der Waals surface area contributed by atoms with E-state index >= 15 is 0 Å². The molecule has 4 nitrogen and oxygen atoms in total. The van der Waals surface area contributed by atoms with Gasteiger partial charge in [-0.2, -0.15) is 0 Å². The SMILES string of the molecule is CC(C)CC1C(C(=O)O)CCCC1(CC(C)C)C(=O)O. The normalized spacial score (nSPS) is 30.7. The van der Waals surface area contributed by atoms with Gasteiger partial charge in [-0.1, -0.05) is 34.1 Å². The minimum absolute atomic E-state index is 0.256. The zero-order chi connectivity index (χ0) is 15.5. The third-order valence-electron chi connectivity index (χ3n) is 4.57. The van der Waals surface area contributed by atoms with Crippen LogP contribution in [-0.2, 0) is 9.59 Å². The zero-order valence-corrected chi connectivity index (χ0v) is 13.1. The highest BCUT2D eigenvalue weighted by Gasteiger charge is 2.52. The molecule has 0 radical (unpaired) electrons. The van der Waals surface area contributed by atoms with E-state index in [0.29, 0.717) is 38.0 Å². The van der Waals surface area contributed by atoms with Crippen molar-refractivity contribution in [1.82, 2.24) is 0 Å². The second-order valence-electron chi connectivity index (χ2n) is 7.13. The van der Waals surface area contributed by atoms with E-state index in [2.05, 4.69) is 0 Å². The van der Waals surface area contributed by atoms with E-state index in [-0.39, 0.29) is 11.8 Å². The van der Waals surface area contributed by atoms with Crippen LogP contribution in [0.15, 0.2) is 0 Å². The van der Waals surface area contributed by atoms with Gasteiger partial charge in [-0.25, -0.2) is 0 Å². The van der Waals surface area contributed by atoms with Gasteiger partial charge in [0.15, 0.2) is 0 Å². The quantitative estimate of drug-likeness (QED) is 0.780. The fourth-order valence-corrected chi connectivity index (χ4v) is 3.94. The second kappa shape index (κ2) is 6.59. The Kier molecular flexibility index (Phi) is 5.60. The van der Waals surface area contributed by atoms with Crippen LogP contribution >= 0.6 is 0 Å². The molecule has 0 aromatic rings. The Hall–Kier alpha value is -1.06. The maximum Gasteiger partial charge on any atom is 0.309 e. The largest absolute Gasteiger partial charge is 0.481 e. The van der Waals surface area contributed by atoms with Crippen molar-refractivity contribution in [2.75, 3.05) is 0 Å². The van der Waals surface area contributed by atoms with Gasteiger partial charge in [0, 0.05) is 0 Å². The van der Waals surface area contributed by atoms with Gasteiger partial charge in [0.05, 0.1) is 11.3 Å². The van der Waals surface area contributed by atoms with E-state index in [0.717, 1.165) is 0 Å². The molecule has 3 unspecified atom stereocenters. The van der Waals surface area contributed by atoms with E-state index in [4.69, 9.17) is 0 Å². The van der Waals surface area contributed by atoms with Crippen molar-refractivity contribution in [3.63, 3.8) is 0 Å². The Morgan fingerprint density at radius 3 is 2.15 bits per heavy atom. The molecule has 1 saturated carbocycles. The molecule has 0 amide bonds. The predicted octanol–water partition coefficient (Wildman–Crippen LogP) is 3.65. The van der Waals surface area contributed by atoms with Crippen LogP contribution < -0.4 is 0 Å². The lowest BCUT2D eigenvalue weighted by Gasteiger charge is -2.45.